The number of benzene rings is 1. The number of aromatic amines is 1. The monoisotopic (exact) mass is 347 g/mol. The molecule has 1 N–H and O–H groups in total. The van der Waals surface area contributed by atoms with Gasteiger partial charge in [0.2, 0.25) is 0 Å². The summed E-state index contributed by atoms with van der Waals surface area (Å²) in [5, 5.41) is 0. The van der Waals surface area contributed by atoms with Gasteiger partial charge in [-0.15, -0.1) is 0 Å². The predicted octanol–water partition coefficient (Wildman–Crippen LogP) is 3.50. The maximum Gasteiger partial charge on any atom is 0.274 e. The number of carbonyl (C=O) groups is 1. The summed E-state index contributed by atoms with van der Waals surface area (Å²) in [5.41, 5.74) is 2.38. The fourth-order valence-electron chi connectivity index (χ4n) is 4.67. The number of likely N-dealkylation sites (tertiary alicyclic amines) is 1. The van der Waals surface area contributed by atoms with Crippen molar-refractivity contribution in [1.29, 1.82) is 0 Å². The second-order valence-corrected chi connectivity index (χ2v) is 7.31. The fourth-order valence-corrected chi connectivity index (χ4v) is 4.67. The van der Waals surface area contributed by atoms with Gasteiger partial charge in [0.15, 0.2) is 0 Å². The molecule has 1 aliphatic carbocycles. The molecule has 2 fully saturated rings. The number of para-hydroxylation sites is 2. The fraction of sp³-hybridized carbons (Fsp3) is 0.400. The van der Waals surface area contributed by atoms with Crippen molar-refractivity contribution in [1.82, 2.24) is 24.8 Å². The molecule has 5 rings (SSSR count). The zero-order valence-corrected chi connectivity index (χ0v) is 14.5. The van der Waals surface area contributed by atoms with Gasteiger partial charge in [0.1, 0.15) is 11.5 Å². The Labute approximate surface area is 151 Å². The van der Waals surface area contributed by atoms with E-state index in [-0.39, 0.29) is 18.0 Å². The van der Waals surface area contributed by atoms with Gasteiger partial charge in [-0.2, -0.15) is 0 Å². The lowest BCUT2D eigenvalue weighted by Crippen LogP contribution is -2.41. The van der Waals surface area contributed by atoms with Crippen LogP contribution in [-0.4, -0.2) is 36.8 Å². The molecule has 1 aliphatic heterocycles. The van der Waals surface area contributed by atoms with Gasteiger partial charge in [-0.05, 0) is 37.3 Å². The molecule has 3 heterocycles. The molecule has 2 aromatic heterocycles. The molecule has 3 atom stereocenters. The number of nitrogens with one attached hydrogen (secondary N) is 1. The first-order valence-electron chi connectivity index (χ1n) is 9.34. The average Bonchev–Trinajstić information content (AvgIpc) is 3.29. The minimum atomic E-state index is -0.0297. The highest BCUT2D eigenvalue weighted by molar-refractivity contribution is 5.92. The summed E-state index contributed by atoms with van der Waals surface area (Å²) in [6.45, 7) is 0. The Balaban J connectivity index is 1.56. The number of fused-ring (bicyclic) bond motifs is 2. The van der Waals surface area contributed by atoms with Crippen molar-refractivity contribution in [3.05, 3.63) is 54.4 Å². The van der Waals surface area contributed by atoms with Crippen LogP contribution in [0.15, 0.2) is 42.9 Å². The molecule has 6 heteroatoms. The van der Waals surface area contributed by atoms with Crippen molar-refractivity contribution in [3.63, 3.8) is 0 Å². The zero-order chi connectivity index (χ0) is 17.5. The van der Waals surface area contributed by atoms with Crippen LogP contribution in [0.25, 0.3) is 11.0 Å². The van der Waals surface area contributed by atoms with Crippen LogP contribution in [0.5, 0.6) is 0 Å². The van der Waals surface area contributed by atoms with Crippen LogP contribution >= 0.6 is 0 Å². The maximum atomic E-state index is 13.3. The van der Waals surface area contributed by atoms with E-state index in [0.717, 1.165) is 29.7 Å². The highest BCUT2D eigenvalue weighted by atomic mass is 16.2. The zero-order valence-electron chi connectivity index (χ0n) is 14.5. The number of amides is 1. The van der Waals surface area contributed by atoms with Crippen molar-refractivity contribution < 1.29 is 4.79 Å². The Hall–Kier alpha value is -2.76. The summed E-state index contributed by atoms with van der Waals surface area (Å²) in [7, 11) is 0. The van der Waals surface area contributed by atoms with E-state index in [1.54, 1.807) is 18.6 Å². The Morgan fingerprint density at radius 2 is 2.04 bits per heavy atom. The average molecular weight is 347 g/mol. The highest BCUT2D eigenvalue weighted by Gasteiger charge is 2.46. The summed E-state index contributed by atoms with van der Waals surface area (Å²) >= 11 is 0. The van der Waals surface area contributed by atoms with Gasteiger partial charge in [0.05, 0.1) is 23.3 Å². The third-order valence-corrected chi connectivity index (χ3v) is 5.83. The quantitative estimate of drug-likeness (QED) is 0.770. The van der Waals surface area contributed by atoms with E-state index in [1.807, 2.05) is 29.2 Å². The molecule has 1 amide bonds. The van der Waals surface area contributed by atoms with Crippen LogP contribution in [0.3, 0.4) is 0 Å². The smallest absolute Gasteiger partial charge is 0.274 e. The highest BCUT2D eigenvalue weighted by Crippen LogP contribution is 2.46. The molecule has 26 heavy (non-hydrogen) atoms. The molecule has 3 unspecified atom stereocenters. The molecule has 1 saturated carbocycles. The van der Waals surface area contributed by atoms with E-state index < -0.39 is 0 Å². The topological polar surface area (TPSA) is 74.8 Å². The van der Waals surface area contributed by atoms with Crippen LogP contribution in [0.1, 0.15) is 54.5 Å². The standard InChI is InChI=1S/C20H21N5O/c26-20(16-12-21-9-10-22-16)25-17-8-4-1-5-13(17)11-18(25)19-23-14-6-2-3-7-15(14)24-19/h2-3,6-7,9-10,12-13,17-18H,1,4-5,8,11H2,(H,23,24). The molecule has 3 aromatic rings. The Morgan fingerprint density at radius 1 is 1.15 bits per heavy atom. The number of H-pyrrole nitrogens is 1. The SMILES string of the molecule is O=C(c1cnccn1)N1C(c2nc3ccccc3[nH]2)CC2CCCCC21. The van der Waals surface area contributed by atoms with Crippen molar-refractivity contribution in [3.8, 4) is 0 Å². The summed E-state index contributed by atoms with van der Waals surface area (Å²) in [6, 6.07) is 8.28. The van der Waals surface area contributed by atoms with E-state index >= 15 is 0 Å². The van der Waals surface area contributed by atoms with Gasteiger partial charge in [-0.1, -0.05) is 25.0 Å². The summed E-state index contributed by atoms with van der Waals surface area (Å²) in [5.74, 6) is 1.40. The molecule has 132 valence electrons. The van der Waals surface area contributed by atoms with Crippen LogP contribution < -0.4 is 0 Å². The lowest BCUT2D eigenvalue weighted by atomic mass is 9.84. The van der Waals surface area contributed by atoms with Crippen LogP contribution in [0, 0.1) is 5.92 Å². The second kappa shape index (κ2) is 6.20. The normalized spacial score (nSPS) is 25.4. The van der Waals surface area contributed by atoms with Gasteiger partial charge in [0, 0.05) is 18.4 Å². The minimum Gasteiger partial charge on any atom is -0.340 e. The van der Waals surface area contributed by atoms with Gasteiger partial charge >= 0.3 is 0 Å². The van der Waals surface area contributed by atoms with Gasteiger partial charge in [-0.25, -0.2) is 9.97 Å². The number of hydrogen-bond acceptors (Lipinski definition) is 4. The van der Waals surface area contributed by atoms with Gasteiger partial charge < -0.3 is 9.88 Å². The van der Waals surface area contributed by atoms with Crippen LogP contribution in [0.2, 0.25) is 0 Å². The number of rotatable bonds is 2. The van der Waals surface area contributed by atoms with E-state index in [9.17, 15) is 4.79 Å². The maximum absolute atomic E-state index is 13.3. The van der Waals surface area contributed by atoms with Crippen LogP contribution in [-0.2, 0) is 0 Å². The third-order valence-electron chi connectivity index (χ3n) is 5.83. The molecular weight excluding hydrogens is 326 g/mol. The van der Waals surface area contributed by atoms with Crippen molar-refractivity contribution in [2.75, 3.05) is 0 Å². The van der Waals surface area contributed by atoms with Gasteiger partial charge in [0.25, 0.3) is 5.91 Å². The molecule has 1 saturated heterocycles. The van der Waals surface area contributed by atoms with Crippen molar-refractivity contribution >= 4 is 16.9 Å². The Morgan fingerprint density at radius 3 is 2.88 bits per heavy atom. The molecule has 0 bridgehead atoms. The molecule has 2 aliphatic rings. The predicted molar refractivity (Wildman–Crippen MR) is 97.4 cm³/mol. The Kier molecular flexibility index (Phi) is 3.69. The summed E-state index contributed by atoms with van der Waals surface area (Å²) < 4.78 is 0. The van der Waals surface area contributed by atoms with E-state index in [2.05, 4.69) is 15.0 Å². The first-order chi connectivity index (χ1) is 12.8. The molecule has 0 radical (unpaired) electrons. The first-order valence-corrected chi connectivity index (χ1v) is 9.34. The lowest BCUT2D eigenvalue weighted by molar-refractivity contribution is 0.0606. The molecular formula is C20H21N5O. The third kappa shape index (κ3) is 2.48. The summed E-state index contributed by atoms with van der Waals surface area (Å²) in [4.78, 5) is 31.9. The largest absolute Gasteiger partial charge is 0.340 e. The van der Waals surface area contributed by atoms with Gasteiger partial charge in [-0.3, -0.25) is 9.78 Å². The van der Waals surface area contributed by atoms with E-state index in [4.69, 9.17) is 4.98 Å². The van der Waals surface area contributed by atoms with E-state index in [0.29, 0.717) is 11.6 Å². The number of carbonyl (C=O) groups excluding carboxylic acids is 1. The van der Waals surface area contributed by atoms with Crippen LogP contribution in [0.4, 0.5) is 0 Å². The number of imidazole rings is 1. The van der Waals surface area contributed by atoms with E-state index in [1.165, 1.54) is 19.3 Å². The van der Waals surface area contributed by atoms with Crippen molar-refractivity contribution in [2.24, 2.45) is 5.92 Å². The summed E-state index contributed by atoms with van der Waals surface area (Å²) in [6.07, 6.45) is 10.4. The van der Waals surface area contributed by atoms with Crippen molar-refractivity contribution in [2.45, 2.75) is 44.2 Å². The Bertz CT molecular complexity index is 905. The lowest BCUT2D eigenvalue weighted by Gasteiger charge is -2.33. The minimum absolute atomic E-state index is 0.0231. The number of aromatic nitrogens is 4. The molecule has 0 spiro atoms. The second-order valence-electron chi connectivity index (χ2n) is 7.31. The first kappa shape index (κ1) is 15.5. The molecule has 6 nitrogen and oxygen atoms in total. The number of hydrogen-bond donors (Lipinski definition) is 1. The number of nitrogens with zero attached hydrogens (tertiary/aromatic N) is 4. The molecule has 1 aromatic carbocycles.